The van der Waals surface area contributed by atoms with Gasteiger partial charge in [-0.3, -0.25) is 4.98 Å². The smallest absolute Gasteiger partial charge is 0.232 e. The Hall–Kier alpha value is -1.94. The molecule has 1 heterocycles. The number of rotatable bonds is 7. The predicted octanol–water partition coefficient (Wildman–Crippen LogP) is 2.80. The number of hydrogen-bond donors (Lipinski definition) is 1. The van der Waals surface area contributed by atoms with E-state index in [1.54, 1.807) is 12.4 Å². The molecule has 0 spiro atoms. The van der Waals surface area contributed by atoms with Crippen LogP contribution < -0.4 is 10.1 Å². The molecule has 0 radical (unpaired) electrons. The van der Waals surface area contributed by atoms with Crippen LogP contribution >= 0.6 is 0 Å². The fourth-order valence-corrected chi connectivity index (χ4v) is 1.76. The molecule has 0 aliphatic heterocycles. The molecule has 2 aromatic rings. The summed E-state index contributed by atoms with van der Waals surface area (Å²) in [5.74, 6) is 1.19. The quantitative estimate of drug-likeness (QED) is 0.841. The molecular weight excluding hydrogens is 250 g/mol. The van der Waals surface area contributed by atoms with E-state index in [9.17, 15) is 0 Å². The molecule has 4 heteroatoms. The van der Waals surface area contributed by atoms with Crippen LogP contribution in [0.25, 0.3) is 0 Å². The van der Waals surface area contributed by atoms with Gasteiger partial charge in [-0.25, -0.2) is 4.98 Å². The van der Waals surface area contributed by atoms with Crippen molar-refractivity contribution >= 4 is 0 Å². The summed E-state index contributed by atoms with van der Waals surface area (Å²) in [7, 11) is 0. The predicted molar refractivity (Wildman–Crippen MR) is 79.4 cm³/mol. The van der Waals surface area contributed by atoms with Crippen molar-refractivity contribution in [1.82, 2.24) is 15.3 Å². The van der Waals surface area contributed by atoms with Gasteiger partial charge in [0.15, 0.2) is 0 Å². The van der Waals surface area contributed by atoms with Crippen molar-refractivity contribution in [3.8, 4) is 5.88 Å². The largest absolute Gasteiger partial charge is 0.472 e. The Labute approximate surface area is 120 Å². The summed E-state index contributed by atoms with van der Waals surface area (Å²) < 4.78 is 5.66. The van der Waals surface area contributed by atoms with Crippen molar-refractivity contribution in [2.45, 2.75) is 27.0 Å². The Kier molecular flexibility index (Phi) is 5.50. The SMILES string of the molecule is CC(C)CNCc1cncc(OCc2ccccc2)n1. The number of nitrogens with zero attached hydrogens (tertiary/aromatic N) is 2. The highest BCUT2D eigenvalue weighted by Crippen LogP contribution is 2.08. The summed E-state index contributed by atoms with van der Waals surface area (Å²) in [6.07, 6.45) is 3.41. The standard InChI is InChI=1S/C16H21N3O/c1-13(2)8-17-9-15-10-18-11-16(19-15)20-12-14-6-4-3-5-7-14/h3-7,10-11,13,17H,8-9,12H2,1-2H3. The molecule has 0 saturated carbocycles. The summed E-state index contributed by atoms with van der Waals surface area (Å²) in [5, 5.41) is 3.34. The number of benzene rings is 1. The molecule has 4 nitrogen and oxygen atoms in total. The zero-order chi connectivity index (χ0) is 14.2. The van der Waals surface area contributed by atoms with Gasteiger partial charge in [0, 0.05) is 12.7 Å². The van der Waals surface area contributed by atoms with Crippen LogP contribution in [0.3, 0.4) is 0 Å². The molecule has 0 aliphatic rings. The minimum atomic E-state index is 0.512. The van der Waals surface area contributed by atoms with Crippen molar-refractivity contribution in [2.24, 2.45) is 5.92 Å². The molecule has 20 heavy (non-hydrogen) atoms. The third-order valence-corrected chi connectivity index (χ3v) is 2.75. The Morgan fingerprint density at radius 2 is 1.95 bits per heavy atom. The molecule has 0 amide bonds. The molecule has 0 saturated heterocycles. The Balaban J connectivity index is 1.86. The normalized spacial score (nSPS) is 10.8. The lowest BCUT2D eigenvalue weighted by Crippen LogP contribution is -2.19. The molecule has 106 valence electrons. The first-order chi connectivity index (χ1) is 9.74. The summed E-state index contributed by atoms with van der Waals surface area (Å²) in [6.45, 7) is 6.55. The van der Waals surface area contributed by atoms with Crippen molar-refractivity contribution in [3.63, 3.8) is 0 Å². The number of ether oxygens (including phenoxy) is 1. The second kappa shape index (κ2) is 7.60. The lowest BCUT2D eigenvalue weighted by Gasteiger charge is -2.08. The van der Waals surface area contributed by atoms with Crippen LogP contribution in [0, 0.1) is 5.92 Å². The third-order valence-electron chi connectivity index (χ3n) is 2.75. The van der Waals surface area contributed by atoms with Crippen LogP contribution in [-0.4, -0.2) is 16.5 Å². The van der Waals surface area contributed by atoms with Gasteiger partial charge in [0.05, 0.1) is 11.9 Å². The molecule has 1 aromatic carbocycles. The minimum Gasteiger partial charge on any atom is -0.472 e. The summed E-state index contributed by atoms with van der Waals surface area (Å²) >= 11 is 0. The van der Waals surface area contributed by atoms with Crippen LogP contribution in [-0.2, 0) is 13.2 Å². The van der Waals surface area contributed by atoms with E-state index in [4.69, 9.17) is 4.74 Å². The van der Waals surface area contributed by atoms with Gasteiger partial charge in [0.2, 0.25) is 5.88 Å². The van der Waals surface area contributed by atoms with Crippen molar-refractivity contribution in [1.29, 1.82) is 0 Å². The van der Waals surface area contributed by atoms with Crippen LogP contribution in [0.15, 0.2) is 42.7 Å². The summed E-state index contributed by atoms with van der Waals surface area (Å²) in [4.78, 5) is 8.60. The molecule has 1 N–H and O–H groups in total. The van der Waals surface area contributed by atoms with Gasteiger partial charge in [-0.15, -0.1) is 0 Å². The Morgan fingerprint density at radius 1 is 1.15 bits per heavy atom. The highest BCUT2D eigenvalue weighted by atomic mass is 16.5. The van der Waals surface area contributed by atoms with Gasteiger partial charge in [0.25, 0.3) is 0 Å². The van der Waals surface area contributed by atoms with Gasteiger partial charge >= 0.3 is 0 Å². The number of nitrogens with one attached hydrogen (secondary N) is 1. The average Bonchev–Trinajstić information content (AvgIpc) is 2.46. The van der Waals surface area contributed by atoms with Gasteiger partial charge in [-0.05, 0) is 18.0 Å². The zero-order valence-electron chi connectivity index (χ0n) is 12.0. The van der Waals surface area contributed by atoms with Crippen molar-refractivity contribution < 1.29 is 4.74 Å². The van der Waals surface area contributed by atoms with Crippen LogP contribution in [0.1, 0.15) is 25.1 Å². The fourth-order valence-electron chi connectivity index (χ4n) is 1.76. The number of aromatic nitrogens is 2. The van der Waals surface area contributed by atoms with Crippen LogP contribution in [0.4, 0.5) is 0 Å². The monoisotopic (exact) mass is 271 g/mol. The Morgan fingerprint density at radius 3 is 2.70 bits per heavy atom. The van der Waals surface area contributed by atoms with Gasteiger partial charge in [-0.2, -0.15) is 0 Å². The molecule has 0 unspecified atom stereocenters. The van der Waals surface area contributed by atoms with Crippen LogP contribution in [0.5, 0.6) is 5.88 Å². The van der Waals surface area contributed by atoms with E-state index in [1.807, 2.05) is 30.3 Å². The Bertz CT molecular complexity index is 514. The second-order valence-electron chi connectivity index (χ2n) is 5.15. The first-order valence-corrected chi connectivity index (χ1v) is 6.92. The molecule has 1 aromatic heterocycles. The van der Waals surface area contributed by atoms with Crippen LogP contribution in [0.2, 0.25) is 0 Å². The third kappa shape index (κ3) is 4.97. The molecule has 0 aliphatic carbocycles. The fraction of sp³-hybridized carbons (Fsp3) is 0.375. The summed E-state index contributed by atoms with van der Waals surface area (Å²) in [6, 6.07) is 10.0. The highest BCUT2D eigenvalue weighted by molar-refractivity contribution is 5.15. The van der Waals surface area contributed by atoms with Crippen molar-refractivity contribution in [2.75, 3.05) is 6.54 Å². The topological polar surface area (TPSA) is 47.0 Å². The summed E-state index contributed by atoms with van der Waals surface area (Å²) in [5.41, 5.74) is 2.02. The molecular formula is C16H21N3O. The van der Waals surface area contributed by atoms with E-state index in [2.05, 4.69) is 29.1 Å². The second-order valence-corrected chi connectivity index (χ2v) is 5.15. The van der Waals surface area contributed by atoms with Gasteiger partial charge in [-0.1, -0.05) is 44.2 Å². The molecule has 2 rings (SSSR count). The first-order valence-electron chi connectivity index (χ1n) is 6.92. The van der Waals surface area contributed by atoms with E-state index in [0.717, 1.165) is 17.8 Å². The lowest BCUT2D eigenvalue weighted by molar-refractivity contribution is 0.291. The molecule has 0 bridgehead atoms. The number of hydrogen-bond acceptors (Lipinski definition) is 4. The average molecular weight is 271 g/mol. The van der Waals surface area contributed by atoms with E-state index in [0.29, 0.717) is 24.9 Å². The minimum absolute atomic E-state index is 0.512. The van der Waals surface area contributed by atoms with E-state index in [-0.39, 0.29) is 0 Å². The lowest BCUT2D eigenvalue weighted by atomic mass is 10.2. The molecule has 0 fully saturated rings. The highest BCUT2D eigenvalue weighted by Gasteiger charge is 2.01. The van der Waals surface area contributed by atoms with E-state index < -0.39 is 0 Å². The van der Waals surface area contributed by atoms with Gasteiger partial charge < -0.3 is 10.1 Å². The van der Waals surface area contributed by atoms with Crippen molar-refractivity contribution in [3.05, 3.63) is 54.0 Å². The van der Waals surface area contributed by atoms with Gasteiger partial charge in [0.1, 0.15) is 6.61 Å². The molecule has 0 atom stereocenters. The maximum atomic E-state index is 5.66. The maximum Gasteiger partial charge on any atom is 0.232 e. The van der Waals surface area contributed by atoms with E-state index in [1.165, 1.54) is 0 Å². The van der Waals surface area contributed by atoms with E-state index >= 15 is 0 Å². The first kappa shape index (κ1) is 14.5. The zero-order valence-corrected chi connectivity index (χ0v) is 12.0. The maximum absolute atomic E-state index is 5.66.